The highest BCUT2D eigenvalue weighted by atomic mass is 16.5. The van der Waals surface area contributed by atoms with Crippen LogP contribution in [0.3, 0.4) is 0 Å². The minimum Gasteiger partial charge on any atom is -0.481 e. The van der Waals surface area contributed by atoms with Crippen molar-refractivity contribution in [3.8, 4) is 5.75 Å². The Morgan fingerprint density at radius 1 is 1.41 bits per heavy atom. The lowest BCUT2D eigenvalue weighted by molar-refractivity contribution is -0.123. The Morgan fingerprint density at radius 3 is 2.59 bits per heavy atom. The second-order valence-electron chi connectivity index (χ2n) is 4.46. The summed E-state index contributed by atoms with van der Waals surface area (Å²) >= 11 is 0. The van der Waals surface area contributed by atoms with E-state index in [0.717, 1.165) is 11.1 Å². The zero-order valence-corrected chi connectivity index (χ0v) is 10.6. The number of hydrogen-bond acceptors (Lipinski definition) is 3. The molecular formula is C13H20N2O2. The summed E-state index contributed by atoms with van der Waals surface area (Å²) in [5, 5.41) is 0. The van der Waals surface area contributed by atoms with E-state index in [9.17, 15) is 4.79 Å². The van der Waals surface area contributed by atoms with Crippen LogP contribution in [0.25, 0.3) is 0 Å². The zero-order valence-electron chi connectivity index (χ0n) is 10.6. The Bertz CT molecular complexity index is 402. The van der Waals surface area contributed by atoms with Gasteiger partial charge in [0.2, 0.25) is 0 Å². The molecule has 0 saturated heterocycles. The van der Waals surface area contributed by atoms with Gasteiger partial charge in [0, 0.05) is 6.04 Å². The molecule has 0 aliphatic carbocycles. The molecule has 94 valence electrons. The Balaban J connectivity index is 2.93. The molecule has 1 rings (SSSR count). The lowest BCUT2D eigenvalue weighted by Gasteiger charge is -2.16. The molecule has 1 aromatic rings. The van der Waals surface area contributed by atoms with Crippen molar-refractivity contribution in [1.29, 1.82) is 0 Å². The van der Waals surface area contributed by atoms with Crippen LogP contribution in [0.2, 0.25) is 0 Å². The molecule has 0 fully saturated rings. The predicted octanol–water partition coefficient (Wildman–Crippen LogP) is 1.14. The van der Waals surface area contributed by atoms with Crippen molar-refractivity contribution in [3.63, 3.8) is 0 Å². The predicted molar refractivity (Wildman–Crippen MR) is 67.8 cm³/mol. The molecule has 1 amide bonds. The van der Waals surface area contributed by atoms with Gasteiger partial charge < -0.3 is 16.2 Å². The molecule has 1 aromatic carbocycles. The number of amides is 1. The topological polar surface area (TPSA) is 78.3 Å². The molecule has 2 unspecified atom stereocenters. The minimum atomic E-state index is -0.635. The van der Waals surface area contributed by atoms with E-state index in [0.29, 0.717) is 12.2 Å². The first-order valence-corrected chi connectivity index (χ1v) is 5.71. The van der Waals surface area contributed by atoms with Crippen LogP contribution >= 0.6 is 0 Å². The molecule has 0 spiro atoms. The maximum atomic E-state index is 11.0. The quantitative estimate of drug-likeness (QED) is 0.804. The molecule has 4 nitrogen and oxygen atoms in total. The summed E-state index contributed by atoms with van der Waals surface area (Å²) in [5.74, 6) is 0.205. The molecule has 4 heteroatoms. The second kappa shape index (κ2) is 5.68. The van der Waals surface area contributed by atoms with Crippen LogP contribution in [0, 0.1) is 6.92 Å². The Kier molecular flexibility index (Phi) is 4.52. The van der Waals surface area contributed by atoms with E-state index >= 15 is 0 Å². The van der Waals surface area contributed by atoms with Gasteiger partial charge in [-0.25, -0.2) is 0 Å². The fraction of sp³-hybridized carbons (Fsp3) is 0.462. The molecule has 0 bridgehead atoms. The number of benzene rings is 1. The highest BCUT2D eigenvalue weighted by molar-refractivity contribution is 5.78. The van der Waals surface area contributed by atoms with Gasteiger partial charge in [-0.2, -0.15) is 0 Å². The second-order valence-corrected chi connectivity index (χ2v) is 4.46. The van der Waals surface area contributed by atoms with Crippen LogP contribution in [0.4, 0.5) is 0 Å². The third-order valence-corrected chi connectivity index (χ3v) is 2.46. The summed E-state index contributed by atoms with van der Waals surface area (Å²) < 4.78 is 5.53. The largest absolute Gasteiger partial charge is 0.481 e. The molecule has 4 N–H and O–H groups in total. The Labute approximate surface area is 102 Å². The lowest BCUT2D eigenvalue weighted by atomic mass is 10.0. The first-order chi connectivity index (χ1) is 7.90. The van der Waals surface area contributed by atoms with Gasteiger partial charge >= 0.3 is 0 Å². The number of aryl methyl sites for hydroxylation is 1. The summed E-state index contributed by atoms with van der Waals surface area (Å²) in [6, 6.07) is 5.86. The number of rotatable bonds is 5. The monoisotopic (exact) mass is 236 g/mol. The number of ether oxygens (including phenoxy) is 1. The SMILES string of the molecule is Cc1ccc(OC(C)C(N)=O)c(CC(C)N)c1. The summed E-state index contributed by atoms with van der Waals surface area (Å²) in [4.78, 5) is 11.0. The number of nitrogens with two attached hydrogens (primary N) is 2. The Morgan fingerprint density at radius 2 is 2.06 bits per heavy atom. The first-order valence-electron chi connectivity index (χ1n) is 5.71. The summed E-state index contributed by atoms with van der Waals surface area (Å²) in [6.07, 6.45) is 0.0761. The van der Waals surface area contributed by atoms with Crippen molar-refractivity contribution in [2.45, 2.75) is 39.3 Å². The molecule has 0 radical (unpaired) electrons. The maximum Gasteiger partial charge on any atom is 0.258 e. The third-order valence-electron chi connectivity index (χ3n) is 2.46. The average Bonchev–Trinajstić information content (AvgIpc) is 2.20. The molecule has 0 saturated carbocycles. The number of primary amides is 1. The smallest absolute Gasteiger partial charge is 0.258 e. The third kappa shape index (κ3) is 4.07. The van der Waals surface area contributed by atoms with Gasteiger partial charge in [0.25, 0.3) is 5.91 Å². The van der Waals surface area contributed by atoms with Crippen LogP contribution in [-0.4, -0.2) is 18.1 Å². The van der Waals surface area contributed by atoms with Crippen LogP contribution < -0.4 is 16.2 Å². The van der Waals surface area contributed by atoms with E-state index in [1.54, 1.807) is 6.92 Å². The molecular weight excluding hydrogens is 216 g/mol. The Hall–Kier alpha value is -1.55. The number of carbonyl (C=O) groups is 1. The standard InChI is InChI=1S/C13H20N2O2/c1-8-4-5-12(17-10(3)13(15)16)11(6-8)7-9(2)14/h4-6,9-10H,7,14H2,1-3H3,(H2,15,16). The maximum absolute atomic E-state index is 11.0. The number of hydrogen-bond donors (Lipinski definition) is 2. The van der Waals surface area contributed by atoms with Crippen LogP contribution in [-0.2, 0) is 11.2 Å². The van der Waals surface area contributed by atoms with Crippen LogP contribution in [0.5, 0.6) is 5.75 Å². The summed E-state index contributed by atoms with van der Waals surface area (Å²) in [7, 11) is 0. The molecule has 0 aliphatic heterocycles. The first kappa shape index (κ1) is 13.5. The van der Waals surface area contributed by atoms with Crippen molar-refractivity contribution < 1.29 is 9.53 Å². The summed E-state index contributed by atoms with van der Waals surface area (Å²) in [5.41, 5.74) is 13.1. The molecule has 0 aliphatic rings. The van der Waals surface area contributed by atoms with Crippen molar-refractivity contribution in [2.24, 2.45) is 11.5 Å². The van der Waals surface area contributed by atoms with E-state index in [2.05, 4.69) is 0 Å². The fourth-order valence-corrected chi connectivity index (χ4v) is 1.58. The van der Waals surface area contributed by atoms with Gasteiger partial charge in [-0.1, -0.05) is 17.7 Å². The molecule has 0 aromatic heterocycles. The normalized spacial score (nSPS) is 14.1. The van der Waals surface area contributed by atoms with Crippen molar-refractivity contribution >= 4 is 5.91 Å². The van der Waals surface area contributed by atoms with Gasteiger partial charge in [-0.05, 0) is 38.8 Å². The van der Waals surface area contributed by atoms with Gasteiger partial charge in [0.1, 0.15) is 5.75 Å². The minimum absolute atomic E-state index is 0.0445. The van der Waals surface area contributed by atoms with Gasteiger partial charge in [-0.15, -0.1) is 0 Å². The van der Waals surface area contributed by atoms with Crippen LogP contribution in [0.15, 0.2) is 18.2 Å². The summed E-state index contributed by atoms with van der Waals surface area (Å²) in [6.45, 7) is 5.58. The lowest BCUT2D eigenvalue weighted by Crippen LogP contribution is -2.31. The van der Waals surface area contributed by atoms with E-state index < -0.39 is 12.0 Å². The number of carbonyl (C=O) groups excluding carboxylic acids is 1. The van der Waals surface area contributed by atoms with Gasteiger partial charge in [-0.3, -0.25) is 4.79 Å². The highest BCUT2D eigenvalue weighted by Gasteiger charge is 2.13. The highest BCUT2D eigenvalue weighted by Crippen LogP contribution is 2.22. The molecule has 0 heterocycles. The van der Waals surface area contributed by atoms with E-state index in [1.165, 1.54) is 0 Å². The van der Waals surface area contributed by atoms with Crippen molar-refractivity contribution in [1.82, 2.24) is 0 Å². The van der Waals surface area contributed by atoms with E-state index in [4.69, 9.17) is 16.2 Å². The van der Waals surface area contributed by atoms with Crippen molar-refractivity contribution in [2.75, 3.05) is 0 Å². The van der Waals surface area contributed by atoms with Crippen molar-refractivity contribution in [3.05, 3.63) is 29.3 Å². The fourth-order valence-electron chi connectivity index (χ4n) is 1.58. The van der Waals surface area contributed by atoms with Gasteiger partial charge in [0.05, 0.1) is 0 Å². The van der Waals surface area contributed by atoms with Crippen LogP contribution in [0.1, 0.15) is 25.0 Å². The molecule has 17 heavy (non-hydrogen) atoms. The average molecular weight is 236 g/mol. The van der Waals surface area contributed by atoms with E-state index in [-0.39, 0.29) is 6.04 Å². The van der Waals surface area contributed by atoms with E-state index in [1.807, 2.05) is 32.0 Å². The molecule has 2 atom stereocenters. The van der Waals surface area contributed by atoms with Gasteiger partial charge in [0.15, 0.2) is 6.10 Å². The zero-order chi connectivity index (χ0) is 13.0.